The summed E-state index contributed by atoms with van der Waals surface area (Å²) in [7, 11) is 0. The van der Waals surface area contributed by atoms with Crippen LogP contribution in [0.4, 0.5) is 5.69 Å². The lowest BCUT2D eigenvalue weighted by molar-refractivity contribution is 0.246. The highest BCUT2D eigenvalue weighted by molar-refractivity contribution is 5.87. The first-order chi connectivity index (χ1) is 16.7. The Balaban J connectivity index is 1.90. The third-order valence-electron chi connectivity index (χ3n) is 8.55. The smallest absolute Gasteiger partial charge is 0.0487 e. The first-order valence-electron chi connectivity index (χ1n) is 13.7. The normalized spacial score (nSPS) is 28.7. The number of benzene rings is 1. The van der Waals surface area contributed by atoms with Crippen LogP contribution in [-0.2, 0) is 0 Å². The molecule has 2 aliphatic carbocycles. The summed E-state index contributed by atoms with van der Waals surface area (Å²) < 4.78 is 0. The molecule has 1 aliphatic heterocycles. The van der Waals surface area contributed by atoms with E-state index in [0.717, 1.165) is 31.7 Å². The maximum absolute atomic E-state index is 4.67. The number of nitrogens with zero attached hydrogens (tertiary/aromatic N) is 1. The summed E-state index contributed by atoms with van der Waals surface area (Å²) in [5, 5.41) is 0. The first kappa shape index (κ1) is 25.5. The van der Waals surface area contributed by atoms with Gasteiger partial charge >= 0.3 is 0 Å². The van der Waals surface area contributed by atoms with Gasteiger partial charge in [-0.05, 0) is 74.5 Å². The predicted molar refractivity (Wildman–Crippen MR) is 154 cm³/mol. The maximum atomic E-state index is 4.67. The van der Waals surface area contributed by atoms with Gasteiger partial charge in [-0.2, -0.15) is 0 Å². The number of hydrogen-bond acceptors (Lipinski definition) is 1. The molecule has 3 aliphatic rings. The van der Waals surface area contributed by atoms with Gasteiger partial charge in [-0.3, -0.25) is 0 Å². The molecule has 0 aromatic heterocycles. The molecule has 0 amide bonds. The SMILES string of the molecule is C=CC/C(=C(C(=C)CCC)/C(=C/C)N1CC2(C)C=C(C)C(C)C=C2c2ccccc21)C1CC(C)C1. The van der Waals surface area contributed by atoms with Crippen LogP contribution in [0.1, 0.15) is 79.2 Å². The van der Waals surface area contributed by atoms with Crippen molar-refractivity contribution < 1.29 is 0 Å². The average molecular weight is 468 g/mol. The number of rotatable bonds is 8. The molecule has 0 N–H and O–H groups in total. The van der Waals surface area contributed by atoms with Gasteiger partial charge in [0.2, 0.25) is 0 Å². The first-order valence-corrected chi connectivity index (χ1v) is 13.7. The summed E-state index contributed by atoms with van der Waals surface area (Å²) in [6.07, 6.45) is 15.1. The highest BCUT2D eigenvalue weighted by Gasteiger charge is 2.41. The summed E-state index contributed by atoms with van der Waals surface area (Å²) in [5.41, 5.74) is 11.2. The fraction of sp³-hybridized carbons (Fsp3) is 0.471. The fourth-order valence-electron chi connectivity index (χ4n) is 6.63. The van der Waals surface area contributed by atoms with Gasteiger partial charge in [0.25, 0.3) is 0 Å². The number of allylic oxidation sites excluding steroid dienone is 6. The van der Waals surface area contributed by atoms with E-state index in [2.05, 4.69) is 108 Å². The van der Waals surface area contributed by atoms with Crippen molar-refractivity contribution in [3.05, 3.63) is 95.3 Å². The van der Waals surface area contributed by atoms with Crippen LogP contribution in [-0.4, -0.2) is 6.54 Å². The number of fused-ring (bicyclic) bond motifs is 3. The molecular weight excluding hydrogens is 422 g/mol. The minimum Gasteiger partial charge on any atom is -0.340 e. The molecule has 1 aromatic carbocycles. The van der Waals surface area contributed by atoms with Gasteiger partial charge in [-0.25, -0.2) is 0 Å². The minimum absolute atomic E-state index is 0.0139. The molecule has 1 heteroatoms. The lowest BCUT2D eigenvalue weighted by atomic mass is 9.67. The fourth-order valence-corrected chi connectivity index (χ4v) is 6.63. The average Bonchev–Trinajstić information content (AvgIpc) is 2.80. The van der Waals surface area contributed by atoms with Gasteiger partial charge < -0.3 is 4.90 Å². The Hall–Kier alpha value is -2.54. The second-order valence-electron chi connectivity index (χ2n) is 11.5. The van der Waals surface area contributed by atoms with Crippen molar-refractivity contribution in [1.29, 1.82) is 0 Å². The van der Waals surface area contributed by atoms with Crippen molar-refractivity contribution in [3.63, 3.8) is 0 Å². The molecule has 1 heterocycles. The van der Waals surface area contributed by atoms with E-state index in [1.807, 2.05) is 0 Å². The van der Waals surface area contributed by atoms with E-state index in [4.69, 9.17) is 0 Å². The zero-order valence-corrected chi connectivity index (χ0v) is 23.0. The van der Waals surface area contributed by atoms with E-state index in [0.29, 0.717) is 11.8 Å². The van der Waals surface area contributed by atoms with Gasteiger partial charge in [-0.1, -0.05) is 94.3 Å². The molecule has 0 saturated heterocycles. The molecule has 2 unspecified atom stereocenters. The zero-order valence-electron chi connectivity index (χ0n) is 23.0. The van der Waals surface area contributed by atoms with Gasteiger partial charge in [-0.15, -0.1) is 6.58 Å². The molecule has 1 nitrogen and oxygen atoms in total. The molecule has 186 valence electrons. The van der Waals surface area contributed by atoms with Crippen LogP contribution in [0.5, 0.6) is 0 Å². The van der Waals surface area contributed by atoms with Crippen molar-refractivity contribution in [1.82, 2.24) is 0 Å². The third kappa shape index (κ3) is 4.67. The molecule has 0 radical (unpaired) electrons. The topological polar surface area (TPSA) is 3.24 Å². The molecule has 35 heavy (non-hydrogen) atoms. The van der Waals surface area contributed by atoms with E-state index in [-0.39, 0.29) is 5.41 Å². The number of anilines is 1. The molecule has 4 rings (SSSR count). The second-order valence-corrected chi connectivity index (χ2v) is 11.5. The van der Waals surface area contributed by atoms with Gasteiger partial charge in [0.15, 0.2) is 0 Å². The monoisotopic (exact) mass is 467 g/mol. The van der Waals surface area contributed by atoms with E-state index >= 15 is 0 Å². The predicted octanol–water partition coefficient (Wildman–Crippen LogP) is 9.67. The molecule has 0 spiro atoms. The summed E-state index contributed by atoms with van der Waals surface area (Å²) >= 11 is 0. The van der Waals surface area contributed by atoms with Crippen LogP contribution >= 0.6 is 0 Å². The molecule has 2 atom stereocenters. The Morgan fingerprint density at radius 1 is 1.20 bits per heavy atom. The Bertz CT molecular complexity index is 1120. The van der Waals surface area contributed by atoms with Crippen LogP contribution < -0.4 is 4.90 Å². The quantitative estimate of drug-likeness (QED) is 0.272. The van der Waals surface area contributed by atoms with E-state index < -0.39 is 0 Å². The van der Waals surface area contributed by atoms with Crippen LogP contribution in [0.15, 0.2) is 89.7 Å². The Morgan fingerprint density at radius 2 is 1.91 bits per heavy atom. The van der Waals surface area contributed by atoms with Gasteiger partial charge in [0, 0.05) is 34.5 Å². The molecule has 1 fully saturated rings. The van der Waals surface area contributed by atoms with Crippen LogP contribution in [0, 0.1) is 23.2 Å². The largest absolute Gasteiger partial charge is 0.340 e. The van der Waals surface area contributed by atoms with Crippen LogP contribution in [0.25, 0.3) is 5.57 Å². The van der Waals surface area contributed by atoms with Crippen molar-refractivity contribution in [2.45, 2.75) is 73.6 Å². The minimum atomic E-state index is -0.0139. The van der Waals surface area contributed by atoms with E-state index in [9.17, 15) is 0 Å². The van der Waals surface area contributed by atoms with Crippen molar-refractivity contribution >= 4 is 11.3 Å². The van der Waals surface area contributed by atoms with Crippen molar-refractivity contribution in [2.75, 3.05) is 11.4 Å². The lowest BCUT2D eigenvalue weighted by Gasteiger charge is -2.47. The molecule has 1 aromatic rings. The number of para-hydroxylation sites is 1. The van der Waals surface area contributed by atoms with E-state index in [1.54, 1.807) is 5.57 Å². The molecular formula is C34H45N. The maximum Gasteiger partial charge on any atom is 0.0487 e. The summed E-state index contributed by atoms with van der Waals surface area (Å²) in [6, 6.07) is 9.02. The van der Waals surface area contributed by atoms with Crippen LogP contribution in [0.2, 0.25) is 0 Å². The third-order valence-corrected chi connectivity index (χ3v) is 8.55. The van der Waals surface area contributed by atoms with E-state index in [1.165, 1.54) is 52.1 Å². The van der Waals surface area contributed by atoms with Crippen molar-refractivity contribution in [2.24, 2.45) is 23.2 Å². The Labute approximate surface area is 214 Å². The Kier molecular flexibility index (Phi) is 7.46. The highest BCUT2D eigenvalue weighted by Crippen LogP contribution is 2.52. The van der Waals surface area contributed by atoms with Gasteiger partial charge in [0.1, 0.15) is 0 Å². The lowest BCUT2D eigenvalue weighted by Crippen LogP contribution is -2.42. The summed E-state index contributed by atoms with van der Waals surface area (Å²) in [4.78, 5) is 2.60. The molecule has 1 saturated carbocycles. The van der Waals surface area contributed by atoms with Gasteiger partial charge in [0.05, 0.1) is 0 Å². The number of hydrogen-bond donors (Lipinski definition) is 0. The molecule has 0 bridgehead atoms. The Morgan fingerprint density at radius 3 is 2.54 bits per heavy atom. The summed E-state index contributed by atoms with van der Waals surface area (Å²) in [6.45, 7) is 23.7. The van der Waals surface area contributed by atoms with Crippen molar-refractivity contribution in [3.8, 4) is 0 Å². The highest BCUT2D eigenvalue weighted by atomic mass is 15.2. The zero-order chi connectivity index (χ0) is 25.3. The summed E-state index contributed by atoms with van der Waals surface area (Å²) in [5.74, 6) is 1.94. The standard InChI is InChI=1S/C34H45N/c1-9-14-24(5)33(28(15-10-2)27-18-23(4)19-27)31(11-3)35-22-34(8)21-26(7)25(6)20-30(34)29-16-12-13-17-32(29)35/h10-13,16-17,20-21,23,25,27H,2,5,9,14-15,18-19,22H2,1,3-4,6-8H3/b31-11-,33-28-. The van der Waals surface area contributed by atoms with Crippen LogP contribution in [0.3, 0.4) is 0 Å². The second kappa shape index (κ2) is 10.2.